The van der Waals surface area contributed by atoms with E-state index in [1.165, 1.54) is 11.1 Å². The minimum Gasteiger partial charge on any atom is -0.444 e. The van der Waals surface area contributed by atoms with Gasteiger partial charge in [0.1, 0.15) is 5.60 Å². The number of nitrogens with zero attached hydrogens (tertiary/aromatic N) is 2. The third kappa shape index (κ3) is 6.58. The van der Waals surface area contributed by atoms with Gasteiger partial charge in [0.2, 0.25) is 0 Å². The Morgan fingerprint density at radius 1 is 1.31 bits per heavy atom. The molecule has 1 aliphatic heterocycles. The topological polar surface area (TPSA) is 80.0 Å². The van der Waals surface area contributed by atoms with E-state index in [9.17, 15) is 4.79 Å². The highest BCUT2D eigenvalue weighted by atomic mass is 16.6. The number of nitrogens with one attached hydrogen (secondary N) is 1. The summed E-state index contributed by atoms with van der Waals surface area (Å²) in [5.41, 5.74) is 8.87. The maximum Gasteiger partial charge on any atom is 0.410 e. The van der Waals surface area contributed by atoms with Crippen molar-refractivity contribution in [3.05, 3.63) is 29.3 Å². The summed E-state index contributed by atoms with van der Waals surface area (Å²) in [5, 5.41) is 3.15. The van der Waals surface area contributed by atoms with E-state index in [0.717, 1.165) is 25.1 Å². The second kappa shape index (κ2) is 8.43. The second-order valence-electron chi connectivity index (χ2n) is 8.16. The molecule has 0 aromatic heterocycles. The molecule has 6 nitrogen and oxygen atoms in total. The third-order valence-electron chi connectivity index (χ3n) is 4.18. The molecule has 1 aromatic rings. The Morgan fingerprint density at radius 2 is 1.96 bits per heavy atom. The quantitative estimate of drug-likeness (QED) is 0.636. The average molecular weight is 361 g/mol. The third-order valence-corrected chi connectivity index (χ3v) is 4.18. The van der Waals surface area contributed by atoms with Gasteiger partial charge in [0.05, 0.1) is 0 Å². The van der Waals surface area contributed by atoms with Crippen molar-refractivity contribution < 1.29 is 9.53 Å². The van der Waals surface area contributed by atoms with Crippen molar-refractivity contribution in [3.8, 4) is 0 Å². The zero-order valence-electron chi connectivity index (χ0n) is 16.6. The number of aliphatic imine (C=N–C) groups is 1. The van der Waals surface area contributed by atoms with Crippen molar-refractivity contribution in [2.45, 2.75) is 53.1 Å². The molecular formula is C20H32N4O2. The van der Waals surface area contributed by atoms with Crippen molar-refractivity contribution in [2.75, 3.05) is 25.0 Å². The van der Waals surface area contributed by atoms with Crippen molar-refractivity contribution in [1.29, 1.82) is 0 Å². The Hall–Kier alpha value is -2.24. The number of carbonyl (C=O) groups is 1. The number of aryl methyl sites for hydroxylation is 2. The van der Waals surface area contributed by atoms with Crippen molar-refractivity contribution in [3.63, 3.8) is 0 Å². The average Bonchev–Trinajstić information content (AvgIpc) is 2.50. The van der Waals surface area contributed by atoms with Crippen molar-refractivity contribution in [2.24, 2.45) is 16.6 Å². The fraction of sp³-hybridized carbons (Fsp3) is 0.600. The number of piperidine rings is 1. The van der Waals surface area contributed by atoms with Crippen LogP contribution in [0.25, 0.3) is 0 Å². The van der Waals surface area contributed by atoms with Gasteiger partial charge >= 0.3 is 6.09 Å². The maximum atomic E-state index is 12.2. The molecule has 1 amide bonds. The molecule has 0 aliphatic carbocycles. The Morgan fingerprint density at radius 3 is 2.58 bits per heavy atom. The van der Waals surface area contributed by atoms with E-state index >= 15 is 0 Å². The first kappa shape index (κ1) is 20.1. The van der Waals surface area contributed by atoms with E-state index < -0.39 is 5.60 Å². The molecule has 0 spiro atoms. The molecule has 1 fully saturated rings. The molecule has 144 valence electrons. The molecule has 1 aliphatic rings. The van der Waals surface area contributed by atoms with Gasteiger partial charge in [-0.25, -0.2) is 4.79 Å². The highest BCUT2D eigenvalue weighted by molar-refractivity contribution is 5.92. The number of guanidine groups is 1. The Bertz CT molecular complexity index is 644. The molecule has 6 heteroatoms. The minimum atomic E-state index is -0.470. The van der Waals surface area contributed by atoms with Crippen LogP contribution in [0.4, 0.5) is 10.5 Å². The summed E-state index contributed by atoms with van der Waals surface area (Å²) in [7, 11) is 0. The van der Waals surface area contributed by atoms with Gasteiger partial charge in [-0.2, -0.15) is 0 Å². The number of ether oxygens (including phenoxy) is 1. The molecule has 0 radical (unpaired) electrons. The van der Waals surface area contributed by atoms with E-state index in [-0.39, 0.29) is 6.09 Å². The lowest BCUT2D eigenvalue weighted by molar-refractivity contribution is 0.0171. The van der Waals surface area contributed by atoms with Gasteiger partial charge in [-0.1, -0.05) is 6.07 Å². The van der Waals surface area contributed by atoms with Crippen LogP contribution < -0.4 is 11.1 Å². The summed E-state index contributed by atoms with van der Waals surface area (Å²) in [6.45, 7) is 11.8. The highest BCUT2D eigenvalue weighted by Gasteiger charge is 2.27. The van der Waals surface area contributed by atoms with Crippen LogP contribution in [0.1, 0.15) is 44.7 Å². The maximum absolute atomic E-state index is 12.2. The molecule has 1 saturated heterocycles. The van der Waals surface area contributed by atoms with Crippen LogP contribution in [0, 0.1) is 19.8 Å². The summed E-state index contributed by atoms with van der Waals surface area (Å²) in [6.07, 6.45) is 1.76. The van der Waals surface area contributed by atoms with E-state index in [2.05, 4.69) is 30.2 Å². The van der Waals surface area contributed by atoms with Gasteiger partial charge in [-0.15, -0.1) is 0 Å². The van der Waals surface area contributed by atoms with Crippen LogP contribution in [-0.2, 0) is 4.74 Å². The molecule has 1 unspecified atom stereocenters. The predicted molar refractivity (Wildman–Crippen MR) is 107 cm³/mol. The minimum absolute atomic E-state index is 0.243. The summed E-state index contributed by atoms with van der Waals surface area (Å²) in [6, 6.07) is 6.20. The first-order valence-electron chi connectivity index (χ1n) is 9.25. The standard InChI is InChI=1S/C20H32N4O2/c1-14-9-15(2)11-17(10-14)23-18(21)22-12-16-7-6-8-24(13-16)19(25)26-20(3,4)5/h9-11,16H,6-8,12-13H2,1-5H3,(H3,21,22,23). The summed E-state index contributed by atoms with van der Waals surface area (Å²) in [4.78, 5) is 18.5. The zero-order chi connectivity index (χ0) is 19.3. The predicted octanol–water partition coefficient (Wildman–Crippen LogP) is 3.68. The zero-order valence-corrected chi connectivity index (χ0v) is 16.6. The number of hydrogen-bond donors (Lipinski definition) is 2. The number of hydrogen-bond acceptors (Lipinski definition) is 3. The first-order valence-corrected chi connectivity index (χ1v) is 9.25. The first-order chi connectivity index (χ1) is 12.1. The molecule has 26 heavy (non-hydrogen) atoms. The van der Waals surface area contributed by atoms with Crippen LogP contribution >= 0.6 is 0 Å². The van der Waals surface area contributed by atoms with Crippen LogP contribution in [0.2, 0.25) is 0 Å². The van der Waals surface area contributed by atoms with Gasteiger partial charge in [0.15, 0.2) is 5.96 Å². The van der Waals surface area contributed by atoms with E-state index in [4.69, 9.17) is 10.5 Å². The number of benzene rings is 1. The van der Waals surface area contributed by atoms with Gasteiger partial charge in [0.25, 0.3) is 0 Å². The number of rotatable bonds is 3. The van der Waals surface area contributed by atoms with Crippen LogP contribution in [0.3, 0.4) is 0 Å². The number of carbonyl (C=O) groups excluding carboxylic acids is 1. The summed E-state index contributed by atoms with van der Waals surface area (Å²) >= 11 is 0. The second-order valence-corrected chi connectivity index (χ2v) is 8.16. The molecular weight excluding hydrogens is 328 g/mol. The smallest absolute Gasteiger partial charge is 0.410 e. The van der Waals surface area contributed by atoms with Crippen LogP contribution in [0.15, 0.2) is 23.2 Å². The highest BCUT2D eigenvalue weighted by Crippen LogP contribution is 2.20. The lowest BCUT2D eigenvalue weighted by atomic mass is 9.98. The van der Waals surface area contributed by atoms with E-state index in [1.807, 2.05) is 32.9 Å². The Labute approximate surface area is 156 Å². The fourth-order valence-corrected chi connectivity index (χ4v) is 3.17. The summed E-state index contributed by atoms with van der Waals surface area (Å²) in [5.74, 6) is 0.709. The number of nitrogens with two attached hydrogens (primary N) is 1. The number of anilines is 1. The normalized spacial score (nSPS) is 18.6. The van der Waals surface area contributed by atoms with Gasteiger partial charge in [-0.05, 0) is 76.6 Å². The molecule has 2 rings (SSSR count). The Balaban J connectivity index is 1.89. The molecule has 3 N–H and O–H groups in total. The van der Waals surface area contributed by atoms with Crippen molar-refractivity contribution >= 4 is 17.7 Å². The molecule has 0 bridgehead atoms. The van der Waals surface area contributed by atoms with Crippen LogP contribution in [-0.4, -0.2) is 42.2 Å². The molecule has 1 aromatic carbocycles. The monoisotopic (exact) mass is 360 g/mol. The number of likely N-dealkylation sites (tertiary alicyclic amines) is 1. The van der Waals surface area contributed by atoms with E-state index in [1.54, 1.807) is 4.90 Å². The Kier molecular flexibility index (Phi) is 6.51. The molecule has 1 heterocycles. The molecule has 0 saturated carbocycles. The van der Waals surface area contributed by atoms with Crippen LogP contribution in [0.5, 0.6) is 0 Å². The van der Waals surface area contributed by atoms with E-state index in [0.29, 0.717) is 25.0 Å². The lowest BCUT2D eigenvalue weighted by Crippen LogP contribution is -2.43. The SMILES string of the molecule is Cc1cc(C)cc(NC(N)=NCC2CCCN(C(=O)OC(C)(C)C)C2)c1. The number of amides is 1. The van der Waals surface area contributed by atoms with Crippen molar-refractivity contribution in [1.82, 2.24) is 4.90 Å². The van der Waals surface area contributed by atoms with Gasteiger partial charge in [-0.3, -0.25) is 4.99 Å². The fourth-order valence-electron chi connectivity index (χ4n) is 3.17. The van der Waals surface area contributed by atoms with Gasteiger partial charge in [0, 0.05) is 25.3 Å². The summed E-state index contributed by atoms with van der Waals surface area (Å²) < 4.78 is 5.47. The molecule has 1 atom stereocenters. The lowest BCUT2D eigenvalue weighted by Gasteiger charge is -2.33. The van der Waals surface area contributed by atoms with Gasteiger partial charge < -0.3 is 20.7 Å². The largest absolute Gasteiger partial charge is 0.444 e.